The van der Waals surface area contributed by atoms with Crippen LogP contribution >= 0.6 is 23.2 Å². The molecule has 1 aromatic carbocycles. The minimum absolute atomic E-state index is 0.268. The van der Waals surface area contributed by atoms with Crippen LogP contribution in [0.25, 0.3) is 0 Å². The summed E-state index contributed by atoms with van der Waals surface area (Å²) < 4.78 is 0. The van der Waals surface area contributed by atoms with Gasteiger partial charge in [0, 0.05) is 12.0 Å². The SMILES string of the molecule is CCC1CC(CNC)(c2ccc(Cl)c(Cl)c2)C1. The summed E-state index contributed by atoms with van der Waals surface area (Å²) in [6, 6.07) is 6.07. The van der Waals surface area contributed by atoms with Crippen LogP contribution < -0.4 is 5.32 Å². The molecule has 1 aliphatic rings. The highest BCUT2D eigenvalue weighted by molar-refractivity contribution is 6.42. The Morgan fingerprint density at radius 3 is 2.53 bits per heavy atom. The Kier molecular flexibility index (Phi) is 4.02. The van der Waals surface area contributed by atoms with Crippen molar-refractivity contribution >= 4 is 23.2 Å². The van der Waals surface area contributed by atoms with Crippen LogP contribution in [0.5, 0.6) is 0 Å². The summed E-state index contributed by atoms with van der Waals surface area (Å²) in [4.78, 5) is 0. The Bertz CT molecular complexity index is 397. The fourth-order valence-electron chi connectivity index (χ4n) is 2.98. The summed E-state index contributed by atoms with van der Waals surface area (Å²) in [6.07, 6.45) is 3.78. The third kappa shape index (κ3) is 2.47. The molecule has 0 spiro atoms. The minimum Gasteiger partial charge on any atom is -0.319 e. The van der Waals surface area contributed by atoms with Crippen molar-refractivity contribution in [1.29, 1.82) is 0 Å². The summed E-state index contributed by atoms with van der Waals surface area (Å²) in [7, 11) is 2.01. The zero-order valence-corrected chi connectivity index (χ0v) is 11.9. The molecule has 3 heteroatoms. The fraction of sp³-hybridized carbons (Fsp3) is 0.571. The van der Waals surface area contributed by atoms with Gasteiger partial charge in [-0.1, -0.05) is 42.6 Å². The van der Waals surface area contributed by atoms with Gasteiger partial charge in [0.25, 0.3) is 0 Å². The zero-order chi connectivity index (χ0) is 12.5. The molecule has 17 heavy (non-hydrogen) atoms. The Labute approximate surface area is 114 Å². The molecule has 1 fully saturated rings. The molecule has 0 heterocycles. The molecule has 1 aromatic rings. The quantitative estimate of drug-likeness (QED) is 0.863. The standard InChI is InChI=1S/C14H19Cl2N/c1-3-10-7-14(8-10,9-17-2)11-4-5-12(15)13(16)6-11/h4-6,10,17H,3,7-9H2,1-2H3. The van der Waals surface area contributed by atoms with E-state index in [9.17, 15) is 0 Å². The van der Waals surface area contributed by atoms with Crippen molar-refractivity contribution in [2.75, 3.05) is 13.6 Å². The van der Waals surface area contributed by atoms with E-state index in [1.54, 1.807) is 0 Å². The van der Waals surface area contributed by atoms with Gasteiger partial charge < -0.3 is 5.32 Å². The topological polar surface area (TPSA) is 12.0 Å². The minimum atomic E-state index is 0.268. The summed E-state index contributed by atoms with van der Waals surface area (Å²) >= 11 is 12.1. The number of rotatable bonds is 4. The first kappa shape index (κ1) is 13.2. The maximum atomic E-state index is 6.12. The van der Waals surface area contributed by atoms with E-state index in [1.807, 2.05) is 19.2 Å². The highest BCUT2D eigenvalue weighted by Crippen LogP contribution is 2.49. The van der Waals surface area contributed by atoms with Crippen molar-refractivity contribution in [2.24, 2.45) is 5.92 Å². The smallest absolute Gasteiger partial charge is 0.0595 e. The van der Waals surface area contributed by atoms with Gasteiger partial charge in [0.1, 0.15) is 0 Å². The lowest BCUT2D eigenvalue weighted by Gasteiger charge is -2.48. The highest BCUT2D eigenvalue weighted by atomic mass is 35.5. The maximum absolute atomic E-state index is 6.12. The third-order valence-electron chi connectivity index (χ3n) is 3.98. The highest BCUT2D eigenvalue weighted by Gasteiger charge is 2.44. The van der Waals surface area contributed by atoms with Gasteiger partial charge in [-0.2, -0.15) is 0 Å². The van der Waals surface area contributed by atoms with Crippen LogP contribution in [0.1, 0.15) is 31.7 Å². The molecule has 2 rings (SSSR count). The summed E-state index contributed by atoms with van der Waals surface area (Å²) in [5.41, 5.74) is 1.59. The van der Waals surface area contributed by atoms with Crippen molar-refractivity contribution in [2.45, 2.75) is 31.6 Å². The van der Waals surface area contributed by atoms with Crippen LogP contribution in [-0.2, 0) is 5.41 Å². The Hall–Kier alpha value is -0.240. The second-order valence-electron chi connectivity index (χ2n) is 5.12. The molecule has 0 radical (unpaired) electrons. The van der Waals surface area contributed by atoms with E-state index < -0.39 is 0 Å². The van der Waals surface area contributed by atoms with E-state index in [1.165, 1.54) is 24.8 Å². The number of benzene rings is 1. The van der Waals surface area contributed by atoms with Gasteiger partial charge in [-0.05, 0) is 43.5 Å². The molecule has 0 amide bonds. The first-order valence-electron chi connectivity index (χ1n) is 6.21. The molecule has 0 aliphatic heterocycles. The first-order valence-corrected chi connectivity index (χ1v) is 6.97. The average molecular weight is 272 g/mol. The molecule has 94 valence electrons. The molecule has 1 N–H and O–H groups in total. The molecule has 0 bridgehead atoms. The van der Waals surface area contributed by atoms with Gasteiger partial charge in [-0.25, -0.2) is 0 Å². The Balaban J connectivity index is 2.25. The fourth-order valence-corrected chi connectivity index (χ4v) is 3.28. The van der Waals surface area contributed by atoms with Crippen molar-refractivity contribution < 1.29 is 0 Å². The van der Waals surface area contributed by atoms with E-state index >= 15 is 0 Å². The van der Waals surface area contributed by atoms with E-state index in [4.69, 9.17) is 23.2 Å². The van der Waals surface area contributed by atoms with Crippen molar-refractivity contribution in [1.82, 2.24) is 5.32 Å². The number of hydrogen-bond acceptors (Lipinski definition) is 1. The van der Waals surface area contributed by atoms with Gasteiger partial charge in [0.15, 0.2) is 0 Å². The van der Waals surface area contributed by atoms with E-state index in [2.05, 4.69) is 18.3 Å². The number of hydrogen-bond donors (Lipinski definition) is 1. The second-order valence-corrected chi connectivity index (χ2v) is 5.94. The number of halogens is 2. The monoisotopic (exact) mass is 271 g/mol. The third-order valence-corrected chi connectivity index (χ3v) is 4.72. The molecule has 0 atom stereocenters. The lowest BCUT2D eigenvalue weighted by molar-refractivity contribution is 0.136. The summed E-state index contributed by atoms with van der Waals surface area (Å²) in [5, 5.41) is 4.62. The molecular weight excluding hydrogens is 253 g/mol. The summed E-state index contributed by atoms with van der Waals surface area (Å²) in [5.74, 6) is 0.859. The molecule has 1 saturated carbocycles. The zero-order valence-electron chi connectivity index (χ0n) is 10.4. The first-order chi connectivity index (χ1) is 8.11. The van der Waals surface area contributed by atoms with Gasteiger partial charge >= 0.3 is 0 Å². The lowest BCUT2D eigenvalue weighted by atomic mass is 9.58. The summed E-state index contributed by atoms with van der Waals surface area (Å²) in [6.45, 7) is 3.28. The van der Waals surface area contributed by atoms with E-state index in [-0.39, 0.29) is 5.41 Å². The van der Waals surface area contributed by atoms with Crippen LogP contribution in [0.15, 0.2) is 18.2 Å². The molecule has 1 aliphatic carbocycles. The predicted octanol–water partition coefficient (Wildman–Crippen LogP) is 4.27. The van der Waals surface area contributed by atoms with Crippen molar-refractivity contribution in [3.63, 3.8) is 0 Å². The van der Waals surface area contributed by atoms with Gasteiger partial charge in [0.2, 0.25) is 0 Å². The van der Waals surface area contributed by atoms with Crippen LogP contribution in [-0.4, -0.2) is 13.6 Å². The second kappa shape index (κ2) is 5.17. The number of likely N-dealkylation sites (N-methyl/N-ethyl adjacent to an activating group) is 1. The van der Waals surface area contributed by atoms with Crippen LogP contribution in [0.2, 0.25) is 10.0 Å². The van der Waals surface area contributed by atoms with Crippen molar-refractivity contribution in [3.05, 3.63) is 33.8 Å². The Morgan fingerprint density at radius 1 is 1.29 bits per heavy atom. The maximum Gasteiger partial charge on any atom is 0.0595 e. The van der Waals surface area contributed by atoms with Crippen LogP contribution in [0.4, 0.5) is 0 Å². The number of nitrogens with one attached hydrogen (secondary N) is 1. The molecular formula is C14H19Cl2N. The van der Waals surface area contributed by atoms with Crippen LogP contribution in [0.3, 0.4) is 0 Å². The van der Waals surface area contributed by atoms with E-state index in [0.29, 0.717) is 10.0 Å². The van der Waals surface area contributed by atoms with Gasteiger partial charge in [0.05, 0.1) is 10.0 Å². The van der Waals surface area contributed by atoms with Gasteiger partial charge in [-0.3, -0.25) is 0 Å². The predicted molar refractivity (Wildman–Crippen MR) is 75.1 cm³/mol. The van der Waals surface area contributed by atoms with Crippen LogP contribution in [0, 0.1) is 5.92 Å². The largest absolute Gasteiger partial charge is 0.319 e. The van der Waals surface area contributed by atoms with Gasteiger partial charge in [-0.15, -0.1) is 0 Å². The van der Waals surface area contributed by atoms with E-state index in [0.717, 1.165) is 12.5 Å². The Morgan fingerprint density at radius 2 is 2.00 bits per heavy atom. The molecule has 1 nitrogen and oxygen atoms in total. The molecule has 0 unspecified atom stereocenters. The molecule has 0 saturated heterocycles. The average Bonchev–Trinajstić information content (AvgIpc) is 2.27. The normalized spacial score (nSPS) is 27.9. The van der Waals surface area contributed by atoms with Crippen molar-refractivity contribution in [3.8, 4) is 0 Å². The lowest BCUT2D eigenvalue weighted by Crippen LogP contribution is -2.47. The molecule has 0 aromatic heterocycles.